The Bertz CT molecular complexity index is 490. The van der Waals surface area contributed by atoms with E-state index in [9.17, 15) is 9.59 Å². The zero-order chi connectivity index (χ0) is 15.2. The van der Waals surface area contributed by atoms with Crippen molar-refractivity contribution in [3.63, 3.8) is 0 Å². The lowest BCUT2D eigenvalue weighted by Gasteiger charge is -2.33. The zero-order valence-electron chi connectivity index (χ0n) is 12.2. The number of carbonyl (C=O) groups excluding carboxylic acids is 2. The Morgan fingerprint density at radius 3 is 2.62 bits per heavy atom. The van der Waals surface area contributed by atoms with Gasteiger partial charge in [-0.05, 0) is 5.56 Å². The molecule has 114 valence electrons. The molecule has 2 atom stereocenters. The molecule has 0 aliphatic carbocycles. The van der Waals surface area contributed by atoms with Gasteiger partial charge < -0.3 is 19.1 Å². The summed E-state index contributed by atoms with van der Waals surface area (Å²) in [6.07, 6.45) is -1.41. The molecule has 6 heteroatoms. The molecule has 21 heavy (non-hydrogen) atoms. The fraction of sp³-hybridized carbons (Fsp3) is 0.467. The number of esters is 1. The number of nitrogens with zero attached hydrogens (tertiary/aromatic N) is 1. The van der Waals surface area contributed by atoms with Gasteiger partial charge in [-0.25, -0.2) is 4.79 Å². The molecule has 1 aromatic rings. The van der Waals surface area contributed by atoms with Crippen molar-refractivity contribution in [2.45, 2.75) is 12.2 Å². The maximum Gasteiger partial charge on any atom is 0.336 e. The Hall–Kier alpha value is -1.92. The van der Waals surface area contributed by atoms with Crippen LogP contribution in [0.4, 0.5) is 0 Å². The third-order valence-corrected chi connectivity index (χ3v) is 3.40. The van der Waals surface area contributed by atoms with Gasteiger partial charge in [-0.15, -0.1) is 0 Å². The molecular weight excluding hydrogens is 274 g/mol. The Balaban J connectivity index is 2.09. The molecule has 0 spiro atoms. The Kier molecular flexibility index (Phi) is 5.30. The minimum Gasteiger partial charge on any atom is -0.467 e. The van der Waals surface area contributed by atoms with Crippen molar-refractivity contribution in [3.8, 4) is 0 Å². The fourth-order valence-electron chi connectivity index (χ4n) is 2.30. The van der Waals surface area contributed by atoms with Gasteiger partial charge in [0.15, 0.2) is 12.2 Å². The number of morpholine rings is 1. The number of hydrogen-bond donors (Lipinski definition) is 0. The number of carbonyl (C=O) groups is 2. The lowest BCUT2D eigenvalue weighted by molar-refractivity contribution is -0.165. The second kappa shape index (κ2) is 7.19. The van der Waals surface area contributed by atoms with Gasteiger partial charge in [0, 0.05) is 13.7 Å². The zero-order valence-corrected chi connectivity index (χ0v) is 12.2. The first-order chi connectivity index (χ1) is 10.2. The fourth-order valence-corrected chi connectivity index (χ4v) is 2.30. The summed E-state index contributed by atoms with van der Waals surface area (Å²) >= 11 is 0. The molecular formula is C15H19NO5. The van der Waals surface area contributed by atoms with E-state index in [2.05, 4.69) is 4.74 Å². The molecule has 1 amide bonds. The summed E-state index contributed by atoms with van der Waals surface area (Å²) in [6, 6.07) is 9.26. The largest absolute Gasteiger partial charge is 0.467 e. The molecule has 0 saturated carbocycles. The van der Waals surface area contributed by atoms with E-state index in [4.69, 9.17) is 9.47 Å². The number of hydrogen-bond acceptors (Lipinski definition) is 5. The second-order valence-corrected chi connectivity index (χ2v) is 4.69. The molecule has 0 aromatic heterocycles. The van der Waals surface area contributed by atoms with E-state index in [1.165, 1.54) is 14.2 Å². The first-order valence-electron chi connectivity index (χ1n) is 6.73. The molecule has 2 rings (SSSR count). The topological polar surface area (TPSA) is 65.1 Å². The van der Waals surface area contributed by atoms with E-state index < -0.39 is 18.2 Å². The van der Waals surface area contributed by atoms with Gasteiger partial charge >= 0.3 is 5.97 Å². The quantitative estimate of drug-likeness (QED) is 0.767. The van der Waals surface area contributed by atoms with Gasteiger partial charge in [-0.2, -0.15) is 0 Å². The van der Waals surface area contributed by atoms with Gasteiger partial charge in [-0.1, -0.05) is 30.3 Å². The summed E-state index contributed by atoms with van der Waals surface area (Å²) in [7, 11) is 2.79. The van der Waals surface area contributed by atoms with E-state index in [0.717, 1.165) is 5.56 Å². The number of rotatable bonds is 4. The van der Waals surface area contributed by atoms with E-state index in [-0.39, 0.29) is 12.5 Å². The molecule has 2 unspecified atom stereocenters. The summed E-state index contributed by atoms with van der Waals surface area (Å²) in [5.74, 6) is -0.651. The molecule has 1 fully saturated rings. The van der Waals surface area contributed by atoms with E-state index >= 15 is 0 Å². The van der Waals surface area contributed by atoms with Crippen LogP contribution in [0.15, 0.2) is 30.3 Å². The van der Waals surface area contributed by atoms with Crippen LogP contribution in [0.2, 0.25) is 0 Å². The summed E-state index contributed by atoms with van der Waals surface area (Å²) in [5.41, 5.74) is 0.783. The third-order valence-electron chi connectivity index (χ3n) is 3.40. The van der Waals surface area contributed by atoms with Crippen LogP contribution in [0.25, 0.3) is 0 Å². The minimum absolute atomic E-state index is 0.179. The first kappa shape index (κ1) is 15.5. The van der Waals surface area contributed by atoms with Crippen molar-refractivity contribution in [2.24, 2.45) is 0 Å². The van der Waals surface area contributed by atoms with Gasteiger partial charge in [-0.3, -0.25) is 4.79 Å². The third kappa shape index (κ3) is 3.59. The molecule has 1 saturated heterocycles. The van der Waals surface area contributed by atoms with Crippen molar-refractivity contribution < 1.29 is 23.8 Å². The van der Waals surface area contributed by atoms with Gasteiger partial charge in [0.2, 0.25) is 0 Å². The summed E-state index contributed by atoms with van der Waals surface area (Å²) in [5, 5.41) is 0. The highest BCUT2D eigenvalue weighted by molar-refractivity contribution is 5.83. The van der Waals surface area contributed by atoms with Crippen molar-refractivity contribution in [3.05, 3.63) is 35.9 Å². The summed E-state index contributed by atoms with van der Waals surface area (Å²) in [4.78, 5) is 25.7. The highest BCUT2D eigenvalue weighted by Crippen LogP contribution is 2.20. The molecule has 0 N–H and O–H groups in total. The second-order valence-electron chi connectivity index (χ2n) is 4.69. The van der Waals surface area contributed by atoms with Gasteiger partial charge in [0.05, 0.1) is 20.3 Å². The predicted octanol–water partition coefficient (Wildman–Crippen LogP) is 0.774. The van der Waals surface area contributed by atoms with Gasteiger partial charge in [0.25, 0.3) is 5.91 Å². The van der Waals surface area contributed by atoms with Crippen molar-refractivity contribution in [2.75, 3.05) is 33.9 Å². The standard InChI is InChI=1S/C15H19NO5/c1-19-13(11-6-4-3-5-7-11)14(17)16-8-9-21-12(10-16)15(18)20-2/h3-7,12-13H,8-10H2,1-2H3. The predicted molar refractivity (Wildman–Crippen MR) is 74.5 cm³/mol. The van der Waals surface area contributed by atoms with E-state index in [1.54, 1.807) is 4.90 Å². The molecule has 1 aliphatic rings. The monoisotopic (exact) mass is 293 g/mol. The van der Waals surface area contributed by atoms with Crippen LogP contribution < -0.4 is 0 Å². The highest BCUT2D eigenvalue weighted by Gasteiger charge is 2.33. The average molecular weight is 293 g/mol. The van der Waals surface area contributed by atoms with Crippen LogP contribution in [0.1, 0.15) is 11.7 Å². The van der Waals surface area contributed by atoms with Crippen molar-refractivity contribution in [1.82, 2.24) is 4.90 Å². The molecule has 0 radical (unpaired) electrons. The Morgan fingerprint density at radius 1 is 1.29 bits per heavy atom. The maximum absolute atomic E-state index is 12.6. The number of ether oxygens (including phenoxy) is 3. The maximum atomic E-state index is 12.6. The van der Waals surface area contributed by atoms with Crippen molar-refractivity contribution in [1.29, 1.82) is 0 Å². The SMILES string of the molecule is COC(=O)C1CN(C(=O)C(OC)c2ccccc2)CCO1. The van der Waals surface area contributed by atoms with Crippen LogP contribution in [0.3, 0.4) is 0 Å². The van der Waals surface area contributed by atoms with E-state index in [1.807, 2.05) is 30.3 Å². The molecule has 1 aliphatic heterocycles. The van der Waals surface area contributed by atoms with Crippen LogP contribution in [-0.4, -0.2) is 56.8 Å². The van der Waals surface area contributed by atoms with Crippen LogP contribution >= 0.6 is 0 Å². The number of amides is 1. The highest BCUT2D eigenvalue weighted by atomic mass is 16.6. The minimum atomic E-state index is -0.735. The normalized spacial score (nSPS) is 19.9. The lowest BCUT2D eigenvalue weighted by atomic mass is 10.1. The van der Waals surface area contributed by atoms with Gasteiger partial charge in [0.1, 0.15) is 0 Å². The van der Waals surface area contributed by atoms with Crippen molar-refractivity contribution >= 4 is 11.9 Å². The molecule has 1 aromatic carbocycles. The number of methoxy groups -OCH3 is 2. The summed E-state index contributed by atoms with van der Waals surface area (Å²) < 4.78 is 15.3. The number of benzene rings is 1. The lowest BCUT2D eigenvalue weighted by Crippen LogP contribution is -2.50. The Labute approximate surface area is 123 Å². The smallest absolute Gasteiger partial charge is 0.336 e. The van der Waals surface area contributed by atoms with Crippen LogP contribution in [0, 0.1) is 0 Å². The molecule has 0 bridgehead atoms. The Morgan fingerprint density at radius 2 is 2.00 bits per heavy atom. The van der Waals surface area contributed by atoms with Crippen LogP contribution in [-0.2, 0) is 23.8 Å². The molecule has 6 nitrogen and oxygen atoms in total. The first-order valence-corrected chi connectivity index (χ1v) is 6.73. The summed E-state index contributed by atoms with van der Waals surface area (Å²) in [6.45, 7) is 0.911. The van der Waals surface area contributed by atoms with Crippen LogP contribution in [0.5, 0.6) is 0 Å². The average Bonchev–Trinajstić information content (AvgIpc) is 2.55. The molecule has 1 heterocycles. The van der Waals surface area contributed by atoms with E-state index in [0.29, 0.717) is 13.2 Å².